The maximum Gasteiger partial charge on any atom is 0.318 e. The number of nitro benzene ring substituents is 2. The second kappa shape index (κ2) is 10.4. The Balaban J connectivity index is 1.97. The Morgan fingerprint density at radius 2 is 1.59 bits per heavy atom. The average Bonchev–Trinajstić information content (AvgIpc) is 2.80. The number of carbonyl (C=O) groups is 1. The van der Waals surface area contributed by atoms with Crippen LogP contribution in [-0.4, -0.2) is 15.8 Å². The van der Waals surface area contributed by atoms with E-state index in [1.807, 2.05) is 0 Å². The molecule has 3 rings (SSSR count). The number of amides is 1. The van der Waals surface area contributed by atoms with Crippen LogP contribution in [0.3, 0.4) is 0 Å². The Labute approximate surface area is 201 Å². The summed E-state index contributed by atoms with van der Waals surface area (Å²) in [6, 6.07) is 15.1. The molecule has 0 saturated heterocycles. The molecule has 0 heterocycles. The Hall–Kier alpha value is -4.46. The van der Waals surface area contributed by atoms with Crippen molar-refractivity contribution < 1.29 is 19.4 Å². The van der Waals surface area contributed by atoms with Crippen molar-refractivity contribution in [2.45, 2.75) is 0 Å². The monoisotopic (exact) mass is 498 g/mol. The van der Waals surface area contributed by atoms with E-state index in [0.29, 0.717) is 10.7 Å². The predicted molar refractivity (Wildman–Crippen MR) is 125 cm³/mol. The number of rotatable bonds is 7. The number of nitrogens with zero attached hydrogens (tertiary/aromatic N) is 3. The van der Waals surface area contributed by atoms with Gasteiger partial charge >= 0.3 is 5.69 Å². The first-order chi connectivity index (χ1) is 16.2. The Kier molecular flexibility index (Phi) is 7.43. The van der Waals surface area contributed by atoms with Crippen molar-refractivity contribution in [3.63, 3.8) is 0 Å². The second-order valence-corrected chi connectivity index (χ2v) is 7.45. The van der Waals surface area contributed by atoms with Crippen LogP contribution < -0.4 is 10.1 Å². The normalized spacial score (nSPS) is 10.8. The Morgan fingerprint density at radius 1 is 0.941 bits per heavy atom. The lowest BCUT2D eigenvalue weighted by Crippen LogP contribution is -2.13. The number of anilines is 1. The molecule has 1 amide bonds. The summed E-state index contributed by atoms with van der Waals surface area (Å²) in [7, 11) is 0. The third-order valence-corrected chi connectivity index (χ3v) is 4.80. The van der Waals surface area contributed by atoms with E-state index in [-0.39, 0.29) is 27.7 Å². The smallest absolute Gasteiger partial charge is 0.318 e. The molecule has 0 aliphatic heterocycles. The van der Waals surface area contributed by atoms with Gasteiger partial charge in [-0.05, 0) is 54.6 Å². The van der Waals surface area contributed by atoms with E-state index in [2.05, 4.69) is 5.32 Å². The van der Waals surface area contributed by atoms with Crippen molar-refractivity contribution in [1.82, 2.24) is 0 Å². The molecule has 1 N–H and O–H groups in total. The third kappa shape index (κ3) is 5.86. The summed E-state index contributed by atoms with van der Waals surface area (Å²) in [4.78, 5) is 33.3. The molecule has 0 aromatic heterocycles. The van der Waals surface area contributed by atoms with Gasteiger partial charge in [-0.25, -0.2) is 0 Å². The first-order valence-corrected chi connectivity index (χ1v) is 10.0. The number of benzene rings is 3. The fraction of sp³-hybridized carbons (Fsp3) is 0. The maximum absolute atomic E-state index is 12.6. The first kappa shape index (κ1) is 24.2. The highest BCUT2D eigenvalue weighted by Crippen LogP contribution is 2.37. The number of hydrogen-bond acceptors (Lipinski definition) is 7. The number of hydrogen-bond donors (Lipinski definition) is 1. The topological polar surface area (TPSA) is 148 Å². The van der Waals surface area contributed by atoms with Crippen LogP contribution in [0.4, 0.5) is 17.1 Å². The molecule has 3 aromatic carbocycles. The van der Waals surface area contributed by atoms with Crippen LogP contribution in [0.5, 0.6) is 11.5 Å². The summed E-state index contributed by atoms with van der Waals surface area (Å²) in [5.41, 5.74) is -0.858. The summed E-state index contributed by atoms with van der Waals surface area (Å²) in [6.07, 6.45) is 1.20. The zero-order valence-corrected chi connectivity index (χ0v) is 18.4. The van der Waals surface area contributed by atoms with Gasteiger partial charge in [-0.2, -0.15) is 5.26 Å². The molecule has 3 aromatic rings. The van der Waals surface area contributed by atoms with Gasteiger partial charge in [0.05, 0.1) is 15.9 Å². The SMILES string of the molecule is N#C/C(=C\c1cc(Cl)ccc1Oc1ccc([N+](=O)[O-])cc1[N+](=O)[O-])C(=O)Nc1ccc(Cl)cc1. The molecule has 0 saturated carbocycles. The standard InChI is InChI=1S/C22H12Cl2N4O6/c23-15-1-4-17(5-2-15)26-22(29)14(12-25)9-13-10-16(24)3-7-20(13)34-21-8-6-18(27(30)31)11-19(21)28(32)33/h1-11H,(H,26,29)/b14-9+. The number of nitro groups is 2. The molecule has 0 bridgehead atoms. The molecule has 0 aliphatic carbocycles. The van der Waals surface area contributed by atoms with Crippen LogP contribution in [0.25, 0.3) is 6.08 Å². The van der Waals surface area contributed by atoms with Crippen molar-refractivity contribution in [2.24, 2.45) is 0 Å². The van der Waals surface area contributed by atoms with Gasteiger partial charge in [0, 0.05) is 27.4 Å². The lowest BCUT2D eigenvalue weighted by Gasteiger charge is -2.10. The molecule has 12 heteroatoms. The van der Waals surface area contributed by atoms with Gasteiger partial charge in [0.25, 0.3) is 11.6 Å². The molecule has 0 aliphatic rings. The maximum atomic E-state index is 12.6. The number of non-ortho nitro benzene ring substituents is 1. The van der Waals surface area contributed by atoms with E-state index in [1.54, 1.807) is 30.3 Å². The average molecular weight is 499 g/mol. The van der Waals surface area contributed by atoms with Gasteiger partial charge in [0.15, 0.2) is 0 Å². The highest BCUT2D eigenvalue weighted by atomic mass is 35.5. The summed E-state index contributed by atoms with van der Waals surface area (Å²) in [6.45, 7) is 0. The largest absolute Gasteiger partial charge is 0.449 e. The van der Waals surface area contributed by atoms with E-state index in [0.717, 1.165) is 18.2 Å². The molecular weight excluding hydrogens is 487 g/mol. The minimum Gasteiger partial charge on any atom is -0.449 e. The van der Waals surface area contributed by atoms with Crippen molar-refractivity contribution in [3.8, 4) is 17.6 Å². The van der Waals surface area contributed by atoms with Crippen molar-refractivity contribution in [1.29, 1.82) is 5.26 Å². The first-order valence-electron chi connectivity index (χ1n) is 9.27. The van der Waals surface area contributed by atoms with Gasteiger partial charge in [0.2, 0.25) is 5.75 Å². The van der Waals surface area contributed by atoms with Crippen LogP contribution in [0.1, 0.15) is 5.56 Å². The van der Waals surface area contributed by atoms with Crippen LogP contribution >= 0.6 is 23.2 Å². The third-order valence-electron chi connectivity index (χ3n) is 4.31. The van der Waals surface area contributed by atoms with Crippen LogP contribution in [0.15, 0.2) is 66.2 Å². The van der Waals surface area contributed by atoms with E-state index in [1.165, 1.54) is 24.3 Å². The van der Waals surface area contributed by atoms with Gasteiger partial charge in [0.1, 0.15) is 17.4 Å². The zero-order valence-electron chi connectivity index (χ0n) is 16.9. The molecule has 0 spiro atoms. The molecule has 0 fully saturated rings. The Morgan fingerprint density at radius 3 is 2.21 bits per heavy atom. The van der Waals surface area contributed by atoms with E-state index >= 15 is 0 Å². The minimum absolute atomic E-state index is 0.0217. The molecule has 0 unspecified atom stereocenters. The summed E-state index contributed by atoms with van der Waals surface area (Å²) in [5.74, 6) is -0.984. The van der Waals surface area contributed by atoms with Crippen molar-refractivity contribution in [2.75, 3.05) is 5.32 Å². The Bertz CT molecular complexity index is 1370. The molecule has 34 heavy (non-hydrogen) atoms. The molecule has 0 radical (unpaired) electrons. The van der Waals surface area contributed by atoms with Gasteiger partial charge < -0.3 is 10.1 Å². The van der Waals surface area contributed by atoms with Crippen LogP contribution in [-0.2, 0) is 4.79 Å². The zero-order chi connectivity index (χ0) is 24.8. The lowest BCUT2D eigenvalue weighted by molar-refractivity contribution is -0.394. The van der Waals surface area contributed by atoms with Gasteiger partial charge in [-0.1, -0.05) is 23.2 Å². The predicted octanol–water partition coefficient (Wildman–Crippen LogP) is 6.15. The van der Waals surface area contributed by atoms with Crippen LogP contribution in [0, 0.1) is 31.6 Å². The number of halogens is 2. The summed E-state index contributed by atoms with van der Waals surface area (Å²) >= 11 is 11.9. The van der Waals surface area contributed by atoms with Gasteiger partial charge in [-0.3, -0.25) is 25.0 Å². The fourth-order valence-corrected chi connectivity index (χ4v) is 3.03. The lowest BCUT2D eigenvalue weighted by atomic mass is 10.1. The number of nitrogens with one attached hydrogen (secondary N) is 1. The highest BCUT2D eigenvalue weighted by molar-refractivity contribution is 6.31. The highest BCUT2D eigenvalue weighted by Gasteiger charge is 2.22. The number of ether oxygens (including phenoxy) is 1. The molecule has 170 valence electrons. The molecule has 0 atom stereocenters. The quantitative estimate of drug-likeness (QED) is 0.177. The van der Waals surface area contributed by atoms with Crippen molar-refractivity contribution in [3.05, 3.63) is 102 Å². The molecule has 10 nitrogen and oxygen atoms in total. The van der Waals surface area contributed by atoms with Crippen molar-refractivity contribution >= 4 is 52.2 Å². The summed E-state index contributed by atoms with van der Waals surface area (Å²) in [5, 5.41) is 35.1. The fourth-order valence-electron chi connectivity index (χ4n) is 2.73. The summed E-state index contributed by atoms with van der Waals surface area (Å²) < 4.78 is 5.62. The van der Waals surface area contributed by atoms with E-state index < -0.39 is 27.1 Å². The van der Waals surface area contributed by atoms with Crippen LogP contribution in [0.2, 0.25) is 10.0 Å². The van der Waals surface area contributed by atoms with E-state index in [4.69, 9.17) is 27.9 Å². The second-order valence-electron chi connectivity index (χ2n) is 6.58. The van der Waals surface area contributed by atoms with Gasteiger partial charge in [-0.15, -0.1) is 0 Å². The molecular formula is C22H12Cl2N4O6. The van der Waals surface area contributed by atoms with E-state index in [9.17, 15) is 30.3 Å². The number of nitriles is 1. The number of carbonyl (C=O) groups excluding carboxylic acids is 1. The minimum atomic E-state index is -0.825.